The Morgan fingerprint density at radius 2 is 1.76 bits per heavy atom. The molecule has 3 aromatic rings. The van der Waals surface area contributed by atoms with E-state index in [1.54, 1.807) is 19.1 Å². The number of hydrogen-bond acceptors (Lipinski definition) is 5. The highest BCUT2D eigenvalue weighted by atomic mass is 32.2. The molecule has 0 aliphatic heterocycles. The molecule has 0 aliphatic rings. The Bertz CT molecular complexity index is 1520. The Morgan fingerprint density at radius 3 is 2.37 bits per heavy atom. The normalized spacial score (nSPS) is 12.6. The number of carbonyl (C=O) groups is 1. The van der Waals surface area contributed by atoms with Gasteiger partial charge in [0, 0.05) is 24.2 Å². The maximum atomic E-state index is 14.5. The number of amides is 1. The molecule has 1 heterocycles. The molecule has 0 spiro atoms. The quantitative estimate of drug-likeness (QED) is 0.401. The van der Waals surface area contributed by atoms with Gasteiger partial charge in [0.1, 0.15) is 11.5 Å². The maximum Gasteiger partial charge on any atom is 0.433 e. The van der Waals surface area contributed by atoms with Crippen LogP contribution in [0.1, 0.15) is 46.4 Å². The SMILES string of the molecule is Cc1cc(C#N)cc(-c2nc(C(F)(F)F)ccc2CNC(=O)C(C)c2ccc(CNS(C)(=O)=O)c(F)c2)c1. The Hall–Kier alpha value is -3.82. The van der Waals surface area contributed by atoms with Crippen LogP contribution in [0.2, 0.25) is 0 Å². The largest absolute Gasteiger partial charge is 0.433 e. The number of aromatic nitrogens is 1. The zero-order valence-corrected chi connectivity index (χ0v) is 21.5. The van der Waals surface area contributed by atoms with Gasteiger partial charge in [-0.25, -0.2) is 22.5 Å². The van der Waals surface area contributed by atoms with Crippen molar-refractivity contribution in [3.05, 3.63) is 87.9 Å². The summed E-state index contributed by atoms with van der Waals surface area (Å²) in [5.41, 5.74) is 0.776. The van der Waals surface area contributed by atoms with Crippen LogP contribution in [-0.4, -0.2) is 25.6 Å². The molecule has 0 saturated carbocycles. The van der Waals surface area contributed by atoms with Crippen molar-refractivity contribution in [2.75, 3.05) is 6.26 Å². The molecule has 0 saturated heterocycles. The number of alkyl halides is 3. The van der Waals surface area contributed by atoms with Crippen molar-refractivity contribution in [1.82, 2.24) is 15.0 Å². The molecule has 0 bridgehead atoms. The van der Waals surface area contributed by atoms with Gasteiger partial charge in [0.05, 0.1) is 29.5 Å². The third kappa shape index (κ3) is 7.36. The van der Waals surface area contributed by atoms with Crippen LogP contribution >= 0.6 is 0 Å². The van der Waals surface area contributed by atoms with Crippen LogP contribution in [-0.2, 0) is 34.1 Å². The first-order valence-electron chi connectivity index (χ1n) is 11.3. The molecule has 0 aliphatic carbocycles. The molecule has 38 heavy (non-hydrogen) atoms. The Morgan fingerprint density at radius 1 is 1.08 bits per heavy atom. The van der Waals surface area contributed by atoms with Gasteiger partial charge in [-0.05, 0) is 60.9 Å². The molecule has 1 unspecified atom stereocenters. The average Bonchev–Trinajstić information content (AvgIpc) is 2.84. The summed E-state index contributed by atoms with van der Waals surface area (Å²) in [7, 11) is -3.52. The second-order valence-electron chi connectivity index (χ2n) is 8.79. The fourth-order valence-electron chi connectivity index (χ4n) is 3.69. The van der Waals surface area contributed by atoms with Crippen molar-refractivity contribution >= 4 is 15.9 Å². The minimum absolute atomic E-state index is 0.0262. The highest BCUT2D eigenvalue weighted by molar-refractivity contribution is 7.88. The highest BCUT2D eigenvalue weighted by Crippen LogP contribution is 2.32. The molecular formula is C26H24F4N4O3S. The van der Waals surface area contributed by atoms with Crippen molar-refractivity contribution < 1.29 is 30.8 Å². The van der Waals surface area contributed by atoms with E-state index in [2.05, 4.69) is 15.0 Å². The number of aryl methyl sites for hydroxylation is 1. The first-order chi connectivity index (χ1) is 17.7. The third-order valence-corrected chi connectivity index (χ3v) is 6.37. The summed E-state index contributed by atoms with van der Waals surface area (Å²) in [5.74, 6) is -2.03. The van der Waals surface area contributed by atoms with Gasteiger partial charge in [0.15, 0.2) is 0 Å². The topological polar surface area (TPSA) is 112 Å². The van der Waals surface area contributed by atoms with Gasteiger partial charge in [-0.2, -0.15) is 18.4 Å². The zero-order valence-electron chi connectivity index (χ0n) is 20.6. The molecule has 1 aromatic heterocycles. The number of nitriles is 1. The van der Waals surface area contributed by atoms with E-state index in [9.17, 15) is 36.0 Å². The summed E-state index contributed by atoms with van der Waals surface area (Å²) >= 11 is 0. The lowest BCUT2D eigenvalue weighted by atomic mass is 9.98. The minimum atomic E-state index is -4.69. The number of carbonyl (C=O) groups excluding carboxylic acids is 1. The Balaban J connectivity index is 1.84. The number of pyridine rings is 1. The fraction of sp³-hybridized carbons (Fsp3) is 0.269. The number of halogens is 4. The van der Waals surface area contributed by atoms with Crippen LogP contribution in [0.25, 0.3) is 11.3 Å². The summed E-state index contributed by atoms with van der Waals surface area (Å²) in [5, 5.41) is 11.9. The van der Waals surface area contributed by atoms with Gasteiger partial charge in [-0.15, -0.1) is 0 Å². The fourth-order valence-corrected chi connectivity index (χ4v) is 4.11. The van der Waals surface area contributed by atoms with Crippen molar-refractivity contribution in [3.8, 4) is 17.3 Å². The average molecular weight is 549 g/mol. The van der Waals surface area contributed by atoms with Crippen molar-refractivity contribution in [2.45, 2.75) is 39.0 Å². The molecular weight excluding hydrogens is 524 g/mol. The molecule has 200 valence electrons. The summed E-state index contributed by atoms with van der Waals surface area (Å²) < 4.78 is 79.2. The number of nitrogens with zero attached hydrogens (tertiary/aromatic N) is 2. The minimum Gasteiger partial charge on any atom is -0.351 e. The summed E-state index contributed by atoms with van der Waals surface area (Å²) in [4.78, 5) is 16.6. The van der Waals surface area contributed by atoms with Gasteiger partial charge in [0.25, 0.3) is 0 Å². The second kappa shape index (κ2) is 11.3. The molecule has 2 N–H and O–H groups in total. The van der Waals surface area contributed by atoms with Crippen LogP contribution in [0.5, 0.6) is 0 Å². The number of sulfonamides is 1. The summed E-state index contributed by atoms with van der Waals surface area (Å²) in [6.07, 6.45) is -3.75. The van der Waals surface area contributed by atoms with Crippen molar-refractivity contribution in [3.63, 3.8) is 0 Å². The van der Waals surface area contributed by atoms with E-state index >= 15 is 0 Å². The number of benzene rings is 2. The second-order valence-corrected chi connectivity index (χ2v) is 10.6. The third-order valence-electron chi connectivity index (χ3n) is 5.70. The number of rotatable bonds is 8. The van der Waals surface area contributed by atoms with Gasteiger partial charge in [0.2, 0.25) is 15.9 Å². The lowest BCUT2D eigenvalue weighted by Gasteiger charge is -2.17. The van der Waals surface area contributed by atoms with E-state index in [1.165, 1.54) is 31.2 Å². The summed E-state index contributed by atoms with van der Waals surface area (Å²) in [6.45, 7) is 2.81. The lowest BCUT2D eigenvalue weighted by molar-refractivity contribution is -0.141. The first-order valence-corrected chi connectivity index (χ1v) is 13.2. The van der Waals surface area contributed by atoms with Gasteiger partial charge in [-0.3, -0.25) is 4.79 Å². The van der Waals surface area contributed by atoms with Crippen LogP contribution in [0.4, 0.5) is 17.6 Å². The standard InChI is InChI=1S/C26H24F4N4O3S/c1-15-8-17(12-31)10-21(9-15)24-20(6-7-23(34-24)26(28,29)30)13-32-25(35)16(2)18-4-5-19(22(27)11-18)14-33-38(3,36)37/h4-11,16,33H,13-14H2,1-3H3,(H,32,35). The highest BCUT2D eigenvalue weighted by Gasteiger charge is 2.33. The summed E-state index contributed by atoms with van der Waals surface area (Å²) in [6, 6.07) is 12.6. The Labute approximate surface area is 217 Å². The van der Waals surface area contributed by atoms with E-state index in [0.29, 0.717) is 22.3 Å². The molecule has 7 nitrogen and oxygen atoms in total. The lowest BCUT2D eigenvalue weighted by Crippen LogP contribution is -2.28. The van der Waals surface area contributed by atoms with E-state index in [1.807, 2.05) is 6.07 Å². The van der Waals surface area contributed by atoms with Crippen molar-refractivity contribution in [2.24, 2.45) is 0 Å². The van der Waals surface area contributed by atoms with E-state index < -0.39 is 39.5 Å². The number of hydrogen-bond donors (Lipinski definition) is 2. The van der Waals surface area contributed by atoms with E-state index in [-0.39, 0.29) is 29.9 Å². The Kier molecular flexibility index (Phi) is 8.54. The molecule has 2 aromatic carbocycles. The molecule has 0 radical (unpaired) electrons. The van der Waals surface area contributed by atoms with Crippen molar-refractivity contribution in [1.29, 1.82) is 5.26 Å². The molecule has 0 fully saturated rings. The molecule has 1 atom stereocenters. The van der Waals surface area contributed by atoms with Gasteiger partial charge >= 0.3 is 6.18 Å². The molecule has 1 amide bonds. The first kappa shape index (κ1) is 28.7. The monoisotopic (exact) mass is 548 g/mol. The van der Waals surface area contributed by atoms with E-state index in [4.69, 9.17) is 0 Å². The van der Waals surface area contributed by atoms with Crippen LogP contribution in [0.3, 0.4) is 0 Å². The van der Waals surface area contributed by atoms with Gasteiger partial charge in [-0.1, -0.05) is 18.2 Å². The van der Waals surface area contributed by atoms with Gasteiger partial charge < -0.3 is 5.32 Å². The van der Waals surface area contributed by atoms with Crippen LogP contribution in [0.15, 0.2) is 48.5 Å². The molecule has 3 rings (SSSR count). The number of nitrogens with one attached hydrogen (secondary N) is 2. The molecule has 12 heteroatoms. The van der Waals surface area contributed by atoms with Crippen LogP contribution in [0, 0.1) is 24.1 Å². The smallest absolute Gasteiger partial charge is 0.351 e. The zero-order chi connectivity index (χ0) is 28.3. The predicted octanol–water partition coefficient (Wildman–Crippen LogP) is 4.56. The van der Waals surface area contributed by atoms with E-state index in [0.717, 1.165) is 18.4 Å². The van der Waals surface area contributed by atoms with Crippen LogP contribution < -0.4 is 10.0 Å². The predicted molar refractivity (Wildman–Crippen MR) is 132 cm³/mol. The maximum absolute atomic E-state index is 14.5.